The highest BCUT2D eigenvalue weighted by atomic mass is 16.3. The van der Waals surface area contributed by atoms with Crippen LogP contribution in [-0.2, 0) is 4.79 Å². The first kappa shape index (κ1) is 14.8. The van der Waals surface area contributed by atoms with Crippen molar-refractivity contribution in [2.24, 2.45) is 11.8 Å². The molecular weight excluding hydrogens is 240 g/mol. The SMILES string of the molecule is CN(CCCNC(=O)C1CCCC1)CC(O)C1CC1. The second-order valence-electron chi connectivity index (χ2n) is 6.29. The van der Waals surface area contributed by atoms with Crippen LogP contribution in [0.25, 0.3) is 0 Å². The second-order valence-corrected chi connectivity index (χ2v) is 6.29. The van der Waals surface area contributed by atoms with Gasteiger partial charge in [-0.05, 0) is 51.6 Å². The van der Waals surface area contributed by atoms with Gasteiger partial charge in [0.25, 0.3) is 0 Å². The van der Waals surface area contributed by atoms with Gasteiger partial charge in [-0.15, -0.1) is 0 Å². The fourth-order valence-electron chi connectivity index (χ4n) is 2.93. The van der Waals surface area contributed by atoms with Gasteiger partial charge in [0.2, 0.25) is 5.91 Å². The van der Waals surface area contributed by atoms with E-state index in [4.69, 9.17) is 0 Å². The zero-order valence-corrected chi connectivity index (χ0v) is 12.1. The highest BCUT2D eigenvalue weighted by Gasteiger charge is 2.30. The van der Waals surface area contributed by atoms with Gasteiger partial charge in [0.05, 0.1) is 6.10 Å². The number of aliphatic hydroxyl groups is 1. The molecule has 0 heterocycles. The average molecular weight is 268 g/mol. The predicted octanol–water partition coefficient (Wildman–Crippen LogP) is 1.39. The first-order chi connectivity index (χ1) is 9.16. The van der Waals surface area contributed by atoms with Crippen LogP contribution in [0.5, 0.6) is 0 Å². The molecule has 0 aromatic rings. The zero-order valence-electron chi connectivity index (χ0n) is 12.1. The molecular formula is C15H28N2O2. The van der Waals surface area contributed by atoms with E-state index in [0.717, 1.165) is 38.9 Å². The molecule has 4 heteroatoms. The summed E-state index contributed by atoms with van der Waals surface area (Å²) in [7, 11) is 2.05. The van der Waals surface area contributed by atoms with Crippen LogP contribution in [0.2, 0.25) is 0 Å². The van der Waals surface area contributed by atoms with Crippen molar-refractivity contribution in [2.45, 2.75) is 51.0 Å². The molecule has 19 heavy (non-hydrogen) atoms. The lowest BCUT2D eigenvalue weighted by molar-refractivity contribution is -0.124. The summed E-state index contributed by atoms with van der Waals surface area (Å²) in [4.78, 5) is 14.0. The highest BCUT2D eigenvalue weighted by Crippen LogP contribution is 2.32. The molecule has 0 saturated heterocycles. The molecule has 4 nitrogen and oxygen atoms in total. The number of nitrogens with one attached hydrogen (secondary N) is 1. The standard InChI is InChI=1S/C15H28N2O2/c1-17(11-14(18)12-7-8-12)10-4-9-16-15(19)13-5-2-3-6-13/h12-14,18H,2-11H2,1H3,(H,16,19). The Bertz CT molecular complexity index is 286. The molecule has 0 aromatic carbocycles. The number of likely N-dealkylation sites (N-methyl/N-ethyl adjacent to an activating group) is 1. The Morgan fingerprint density at radius 2 is 2.00 bits per heavy atom. The minimum absolute atomic E-state index is 0.155. The predicted molar refractivity (Wildman–Crippen MR) is 75.8 cm³/mol. The molecule has 0 spiro atoms. The van der Waals surface area contributed by atoms with Crippen LogP contribution >= 0.6 is 0 Å². The Hall–Kier alpha value is -0.610. The molecule has 2 aliphatic carbocycles. The summed E-state index contributed by atoms with van der Waals surface area (Å²) >= 11 is 0. The van der Waals surface area contributed by atoms with Crippen molar-refractivity contribution in [1.29, 1.82) is 0 Å². The van der Waals surface area contributed by atoms with Gasteiger partial charge in [0, 0.05) is 19.0 Å². The van der Waals surface area contributed by atoms with Crippen molar-refractivity contribution in [3.8, 4) is 0 Å². The van der Waals surface area contributed by atoms with E-state index in [1.54, 1.807) is 0 Å². The maximum atomic E-state index is 11.8. The molecule has 2 aliphatic rings. The van der Waals surface area contributed by atoms with E-state index in [1.165, 1.54) is 25.7 Å². The minimum Gasteiger partial charge on any atom is -0.392 e. The van der Waals surface area contributed by atoms with Crippen LogP contribution in [-0.4, -0.2) is 48.7 Å². The van der Waals surface area contributed by atoms with Crippen LogP contribution in [0.1, 0.15) is 44.9 Å². The fraction of sp³-hybridized carbons (Fsp3) is 0.933. The summed E-state index contributed by atoms with van der Waals surface area (Å²) in [5.74, 6) is 1.07. The Labute approximate surface area is 116 Å². The molecule has 2 N–H and O–H groups in total. The van der Waals surface area contributed by atoms with Crippen molar-refractivity contribution in [3.63, 3.8) is 0 Å². The summed E-state index contributed by atoms with van der Waals surface area (Å²) < 4.78 is 0. The summed E-state index contributed by atoms with van der Waals surface area (Å²) in [5.41, 5.74) is 0. The number of nitrogens with zero attached hydrogens (tertiary/aromatic N) is 1. The second kappa shape index (κ2) is 7.25. The van der Waals surface area contributed by atoms with Crippen molar-refractivity contribution in [2.75, 3.05) is 26.7 Å². The molecule has 2 rings (SSSR count). The van der Waals surface area contributed by atoms with Gasteiger partial charge < -0.3 is 15.3 Å². The van der Waals surface area contributed by atoms with Gasteiger partial charge in [-0.3, -0.25) is 4.79 Å². The van der Waals surface area contributed by atoms with Crippen LogP contribution in [0.4, 0.5) is 0 Å². The number of carbonyl (C=O) groups excluding carboxylic acids is 1. The number of amides is 1. The van der Waals surface area contributed by atoms with Crippen LogP contribution in [0.15, 0.2) is 0 Å². The minimum atomic E-state index is -0.155. The first-order valence-corrected chi connectivity index (χ1v) is 7.81. The van der Waals surface area contributed by atoms with E-state index in [9.17, 15) is 9.90 Å². The largest absolute Gasteiger partial charge is 0.392 e. The van der Waals surface area contributed by atoms with Crippen LogP contribution < -0.4 is 5.32 Å². The van der Waals surface area contributed by atoms with E-state index < -0.39 is 0 Å². The molecule has 2 saturated carbocycles. The van der Waals surface area contributed by atoms with Crippen LogP contribution in [0.3, 0.4) is 0 Å². The van der Waals surface area contributed by atoms with Gasteiger partial charge in [0.1, 0.15) is 0 Å². The van der Waals surface area contributed by atoms with Gasteiger partial charge in [0.15, 0.2) is 0 Å². The van der Waals surface area contributed by atoms with Crippen LogP contribution in [0, 0.1) is 11.8 Å². The van der Waals surface area contributed by atoms with Crippen molar-refractivity contribution in [3.05, 3.63) is 0 Å². The fourth-order valence-corrected chi connectivity index (χ4v) is 2.93. The topological polar surface area (TPSA) is 52.6 Å². The van der Waals surface area contributed by atoms with Gasteiger partial charge in [-0.1, -0.05) is 12.8 Å². The maximum Gasteiger partial charge on any atom is 0.223 e. The summed E-state index contributed by atoms with van der Waals surface area (Å²) in [6.45, 7) is 2.47. The molecule has 0 aliphatic heterocycles. The van der Waals surface area contributed by atoms with E-state index in [2.05, 4.69) is 10.2 Å². The molecule has 0 radical (unpaired) electrons. The van der Waals surface area contributed by atoms with E-state index in [-0.39, 0.29) is 17.9 Å². The Balaban J connectivity index is 1.49. The van der Waals surface area contributed by atoms with E-state index >= 15 is 0 Å². The number of carbonyl (C=O) groups is 1. The summed E-state index contributed by atoms with van der Waals surface area (Å²) in [6, 6.07) is 0. The molecule has 1 atom stereocenters. The third-order valence-electron chi connectivity index (χ3n) is 4.41. The third-order valence-corrected chi connectivity index (χ3v) is 4.41. The third kappa shape index (κ3) is 5.11. The molecule has 1 amide bonds. The molecule has 2 fully saturated rings. The van der Waals surface area contributed by atoms with Crippen molar-refractivity contribution < 1.29 is 9.90 Å². The Morgan fingerprint density at radius 1 is 1.32 bits per heavy atom. The lowest BCUT2D eigenvalue weighted by Crippen LogP contribution is -2.34. The number of hydrogen-bond acceptors (Lipinski definition) is 3. The Morgan fingerprint density at radius 3 is 2.63 bits per heavy atom. The number of rotatable bonds is 8. The number of aliphatic hydroxyl groups excluding tert-OH is 1. The maximum absolute atomic E-state index is 11.8. The normalized spacial score (nSPS) is 21.8. The molecule has 0 bridgehead atoms. The molecule has 0 aromatic heterocycles. The first-order valence-electron chi connectivity index (χ1n) is 7.81. The monoisotopic (exact) mass is 268 g/mol. The number of hydrogen-bond donors (Lipinski definition) is 2. The van der Waals surface area contributed by atoms with Gasteiger partial charge in [-0.2, -0.15) is 0 Å². The summed E-state index contributed by atoms with van der Waals surface area (Å²) in [5, 5.41) is 12.9. The van der Waals surface area contributed by atoms with E-state index in [0.29, 0.717) is 5.92 Å². The van der Waals surface area contributed by atoms with Crippen molar-refractivity contribution in [1.82, 2.24) is 10.2 Å². The zero-order chi connectivity index (χ0) is 13.7. The highest BCUT2D eigenvalue weighted by molar-refractivity contribution is 5.78. The average Bonchev–Trinajstić information content (AvgIpc) is 3.10. The van der Waals surface area contributed by atoms with Gasteiger partial charge >= 0.3 is 0 Å². The van der Waals surface area contributed by atoms with E-state index in [1.807, 2.05) is 7.05 Å². The molecule has 110 valence electrons. The Kier molecular flexibility index (Phi) is 5.64. The van der Waals surface area contributed by atoms with Crippen molar-refractivity contribution >= 4 is 5.91 Å². The van der Waals surface area contributed by atoms with Gasteiger partial charge in [-0.25, -0.2) is 0 Å². The lowest BCUT2D eigenvalue weighted by Gasteiger charge is -2.20. The lowest BCUT2D eigenvalue weighted by atomic mass is 10.1. The quantitative estimate of drug-likeness (QED) is 0.654. The smallest absolute Gasteiger partial charge is 0.223 e. The summed E-state index contributed by atoms with van der Waals surface area (Å²) in [6.07, 6.45) is 7.74. The molecule has 1 unspecified atom stereocenters.